The van der Waals surface area contributed by atoms with Gasteiger partial charge in [-0.25, -0.2) is 0 Å². The molecule has 1 aromatic rings. The topological polar surface area (TPSA) is 62.1 Å². The highest BCUT2D eigenvalue weighted by Crippen LogP contribution is 2.30. The molecule has 0 saturated heterocycles. The van der Waals surface area contributed by atoms with Crippen LogP contribution < -0.4 is 10.1 Å². The van der Waals surface area contributed by atoms with Gasteiger partial charge in [-0.15, -0.1) is 0 Å². The van der Waals surface area contributed by atoms with Gasteiger partial charge in [0.15, 0.2) is 0 Å². The molecule has 0 spiro atoms. The Labute approximate surface area is 100 Å². The standard InChI is InChI=1S/C13H14N2O2/c1-17-11-4-5-12-10(8-11)7-9(3-2-6-14)13(16)15-12/h4-5,8-9H,2-3,7H2,1H3,(H,15,16). The van der Waals surface area contributed by atoms with E-state index in [1.54, 1.807) is 7.11 Å². The minimum absolute atomic E-state index is 0.0120. The van der Waals surface area contributed by atoms with Crippen LogP contribution in [0, 0.1) is 17.2 Å². The summed E-state index contributed by atoms with van der Waals surface area (Å²) in [6, 6.07) is 7.70. The van der Waals surface area contributed by atoms with Gasteiger partial charge in [0.2, 0.25) is 5.91 Å². The third-order valence-corrected chi connectivity index (χ3v) is 3.01. The number of amides is 1. The second-order valence-electron chi connectivity index (χ2n) is 4.11. The molecule has 88 valence electrons. The van der Waals surface area contributed by atoms with Crippen LogP contribution in [-0.2, 0) is 11.2 Å². The zero-order valence-corrected chi connectivity index (χ0v) is 9.69. The lowest BCUT2D eigenvalue weighted by Gasteiger charge is -2.24. The van der Waals surface area contributed by atoms with Crippen LogP contribution in [0.3, 0.4) is 0 Å². The van der Waals surface area contributed by atoms with Crippen LogP contribution in [0.5, 0.6) is 5.75 Å². The van der Waals surface area contributed by atoms with Crippen LogP contribution in [0.4, 0.5) is 5.69 Å². The summed E-state index contributed by atoms with van der Waals surface area (Å²) < 4.78 is 5.16. The second-order valence-corrected chi connectivity index (χ2v) is 4.11. The molecule has 1 aliphatic rings. The number of anilines is 1. The smallest absolute Gasteiger partial charge is 0.227 e. The van der Waals surface area contributed by atoms with Gasteiger partial charge in [0.25, 0.3) is 0 Å². The van der Waals surface area contributed by atoms with Crippen molar-refractivity contribution >= 4 is 11.6 Å². The Balaban J connectivity index is 2.20. The van der Waals surface area contributed by atoms with Gasteiger partial charge in [-0.05, 0) is 36.6 Å². The molecule has 0 fully saturated rings. The molecule has 0 aliphatic carbocycles. The molecule has 1 heterocycles. The number of benzene rings is 1. The summed E-state index contributed by atoms with van der Waals surface area (Å²) in [5.41, 5.74) is 1.93. The van der Waals surface area contributed by atoms with E-state index >= 15 is 0 Å². The van der Waals surface area contributed by atoms with E-state index in [-0.39, 0.29) is 11.8 Å². The number of nitrogens with one attached hydrogen (secondary N) is 1. The number of hydrogen-bond acceptors (Lipinski definition) is 3. The molecule has 1 unspecified atom stereocenters. The first-order chi connectivity index (χ1) is 8.24. The summed E-state index contributed by atoms with van der Waals surface area (Å²) in [5.74, 6) is 0.700. The van der Waals surface area contributed by atoms with Gasteiger partial charge >= 0.3 is 0 Å². The van der Waals surface area contributed by atoms with E-state index in [0.717, 1.165) is 17.0 Å². The molecule has 1 aromatic carbocycles. The molecule has 0 saturated carbocycles. The SMILES string of the molecule is COc1ccc2c(c1)CC(CCC#N)C(=O)N2. The first kappa shape index (κ1) is 11.5. The van der Waals surface area contributed by atoms with E-state index in [1.807, 2.05) is 18.2 Å². The van der Waals surface area contributed by atoms with Gasteiger partial charge in [0.1, 0.15) is 5.75 Å². The molecule has 0 bridgehead atoms. The molecule has 0 radical (unpaired) electrons. The average Bonchev–Trinajstić information content (AvgIpc) is 2.35. The van der Waals surface area contributed by atoms with Crippen molar-refractivity contribution in [1.29, 1.82) is 5.26 Å². The molecule has 1 N–H and O–H groups in total. The van der Waals surface area contributed by atoms with Gasteiger partial charge in [-0.3, -0.25) is 4.79 Å². The highest BCUT2D eigenvalue weighted by molar-refractivity contribution is 5.95. The highest BCUT2D eigenvalue weighted by Gasteiger charge is 2.25. The van der Waals surface area contributed by atoms with E-state index in [4.69, 9.17) is 10.00 Å². The molecule has 2 rings (SSSR count). The Hall–Kier alpha value is -2.02. The summed E-state index contributed by atoms with van der Waals surface area (Å²) in [7, 11) is 1.62. The third kappa shape index (κ3) is 2.39. The first-order valence-electron chi connectivity index (χ1n) is 5.59. The number of methoxy groups -OCH3 is 1. The van der Waals surface area contributed by atoms with E-state index in [2.05, 4.69) is 11.4 Å². The molecule has 17 heavy (non-hydrogen) atoms. The fourth-order valence-electron chi connectivity index (χ4n) is 2.05. The van der Waals surface area contributed by atoms with Crippen LogP contribution in [0.1, 0.15) is 18.4 Å². The van der Waals surface area contributed by atoms with Crippen LogP contribution in [-0.4, -0.2) is 13.0 Å². The summed E-state index contributed by atoms with van der Waals surface area (Å²) in [6.45, 7) is 0. The highest BCUT2D eigenvalue weighted by atomic mass is 16.5. The van der Waals surface area contributed by atoms with Crippen molar-refractivity contribution in [2.45, 2.75) is 19.3 Å². The Kier molecular flexibility index (Phi) is 3.29. The van der Waals surface area contributed by atoms with Crippen molar-refractivity contribution in [1.82, 2.24) is 0 Å². The zero-order valence-electron chi connectivity index (χ0n) is 9.69. The maximum Gasteiger partial charge on any atom is 0.227 e. The van der Waals surface area contributed by atoms with E-state index < -0.39 is 0 Å². The van der Waals surface area contributed by atoms with E-state index in [9.17, 15) is 4.79 Å². The average molecular weight is 230 g/mol. The maximum atomic E-state index is 11.8. The first-order valence-corrected chi connectivity index (χ1v) is 5.59. The minimum Gasteiger partial charge on any atom is -0.497 e. The summed E-state index contributed by atoms with van der Waals surface area (Å²) in [5, 5.41) is 11.4. The molecule has 4 heteroatoms. The zero-order chi connectivity index (χ0) is 12.3. The van der Waals surface area contributed by atoms with Crippen molar-refractivity contribution in [3.63, 3.8) is 0 Å². The number of fused-ring (bicyclic) bond motifs is 1. The molecule has 0 aromatic heterocycles. The van der Waals surface area contributed by atoms with Crippen LogP contribution >= 0.6 is 0 Å². The lowest BCUT2D eigenvalue weighted by molar-refractivity contribution is -0.120. The number of rotatable bonds is 3. The largest absolute Gasteiger partial charge is 0.497 e. The molecule has 1 atom stereocenters. The van der Waals surface area contributed by atoms with Crippen LogP contribution in [0.15, 0.2) is 18.2 Å². The molecular weight excluding hydrogens is 216 g/mol. The molecule has 1 amide bonds. The van der Waals surface area contributed by atoms with E-state index in [1.165, 1.54) is 0 Å². The van der Waals surface area contributed by atoms with Gasteiger partial charge in [0.05, 0.1) is 13.2 Å². The van der Waals surface area contributed by atoms with Crippen molar-refractivity contribution in [2.75, 3.05) is 12.4 Å². The van der Waals surface area contributed by atoms with Gasteiger partial charge in [-0.2, -0.15) is 5.26 Å². The lowest BCUT2D eigenvalue weighted by atomic mass is 9.90. The quantitative estimate of drug-likeness (QED) is 0.865. The Bertz CT molecular complexity index is 477. The third-order valence-electron chi connectivity index (χ3n) is 3.01. The predicted molar refractivity (Wildman–Crippen MR) is 63.7 cm³/mol. The Morgan fingerprint density at radius 1 is 1.59 bits per heavy atom. The number of nitriles is 1. The number of carbonyl (C=O) groups excluding carboxylic acids is 1. The van der Waals surface area contributed by atoms with Crippen molar-refractivity contribution in [3.8, 4) is 11.8 Å². The summed E-state index contributed by atoms with van der Waals surface area (Å²) in [4.78, 5) is 11.8. The lowest BCUT2D eigenvalue weighted by Crippen LogP contribution is -2.29. The normalized spacial score (nSPS) is 17.9. The minimum atomic E-state index is -0.103. The molecular formula is C13H14N2O2. The monoisotopic (exact) mass is 230 g/mol. The Morgan fingerprint density at radius 2 is 2.41 bits per heavy atom. The van der Waals surface area contributed by atoms with Gasteiger partial charge in [-0.1, -0.05) is 0 Å². The van der Waals surface area contributed by atoms with Crippen molar-refractivity contribution in [3.05, 3.63) is 23.8 Å². The van der Waals surface area contributed by atoms with Gasteiger partial charge in [0, 0.05) is 18.0 Å². The maximum absolute atomic E-state index is 11.8. The summed E-state index contributed by atoms with van der Waals surface area (Å²) in [6.07, 6.45) is 1.70. The fraction of sp³-hybridized carbons (Fsp3) is 0.385. The summed E-state index contributed by atoms with van der Waals surface area (Å²) >= 11 is 0. The van der Waals surface area contributed by atoms with Crippen molar-refractivity contribution < 1.29 is 9.53 Å². The molecule has 4 nitrogen and oxygen atoms in total. The van der Waals surface area contributed by atoms with Crippen molar-refractivity contribution in [2.24, 2.45) is 5.92 Å². The number of nitrogens with zero attached hydrogens (tertiary/aromatic N) is 1. The molecule has 1 aliphatic heterocycles. The fourth-order valence-corrected chi connectivity index (χ4v) is 2.05. The van der Waals surface area contributed by atoms with Crippen LogP contribution in [0.2, 0.25) is 0 Å². The number of carbonyl (C=O) groups is 1. The predicted octanol–water partition coefficient (Wildman–Crippen LogP) is 2.11. The van der Waals surface area contributed by atoms with Crippen LogP contribution in [0.25, 0.3) is 0 Å². The Morgan fingerprint density at radius 3 is 3.12 bits per heavy atom. The number of hydrogen-bond donors (Lipinski definition) is 1. The van der Waals surface area contributed by atoms with Gasteiger partial charge < -0.3 is 10.1 Å². The number of ether oxygens (including phenoxy) is 1. The van der Waals surface area contributed by atoms with E-state index in [0.29, 0.717) is 19.3 Å². The second kappa shape index (κ2) is 4.88.